The van der Waals surface area contributed by atoms with Crippen LogP contribution in [0.5, 0.6) is 0 Å². The molecule has 0 saturated heterocycles. The first kappa shape index (κ1) is 9.71. The first-order chi connectivity index (χ1) is 6.74. The van der Waals surface area contributed by atoms with E-state index in [9.17, 15) is 0 Å². The minimum atomic E-state index is 0.466. The van der Waals surface area contributed by atoms with Crippen molar-refractivity contribution in [3.63, 3.8) is 0 Å². The molecule has 0 aliphatic carbocycles. The van der Waals surface area contributed by atoms with Crippen LogP contribution < -0.4 is 5.48 Å². The van der Waals surface area contributed by atoms with Crippen LogP contribution in [0, 0.1) is 0 Å². The maximum absolute atomic E-state index is 8.69. The second-order valence-electron chi connectivity index (χ2n) is 3.24. The average molecular weight is 255 g/mol. The van der Waals surface area contributed by atoms with Crippen LogP contribution >= 0.6 is 15.9 Å². The van der Waals surface area contributed by atoms with Gasteiger partial charge >= 0.3 is 0 Å². The lowest BCUT2D eigenvalue weighted by atomic mass is 10.2. The van der Waals surface area contributed by atoms with Crippen molar-refractivity contribution in [2.75, 3.05) is 0 Å². The lowest BCUT2D eigenvalue weighted by molar-refractivity contribution is 0.161. The second kappa shape index (κ2) is 3.73. The van der Waals surface area contributed by atoms with Crippen molar-refractivity contribution in [2.45, 2.75) is 6.54 Å². The summed E-state index contributed by atoms with van der Waals surface area (Å²) in [5.74, 6) is 0. The van der Waals surface area contributed by atoms with E-state index in [0.29, 0.717) is 6.54 Å². The summed E-state index contributed by atoms with van der Waals surface area (Å²) >= 11 is 3.51. The molecule has 0 amide bonds. The van der Waals surface area contributed by atoms with Crippen LogP contribution in [0.2, 0.25) is 0 Å². The number of aryl methyl sites for hydroxylation is 1. The third-order valence-electron chi connectivity index (χ3n) is 2.30. The summed E-state index contributed by atoms with van der Waals surface area (Å²) in [7, 11) is 1.99. The Balaban J connectivity index is 2.71. The van der Waals surface area contributed by atoms with Gasteiger partial charge in [-0.05, 0) is 27.6 Å². The van der Waals surface area contributed by atoms with Crippen LogP contribution in [0.4, 0.5) is 0 Å². The number of hydrogen-bond acceptors (Lipinski definition) is 2. The van der Waals surface area contributed by atoms with Gasteiger partial charge in [0.1, 0.15) is 0 Å². The highest BCUT2D eigenvalue weighted by Crippen LogP contribution is 2.27. The van der Waals surface area contributed by atoms with Crippen molar-refractivity contribution in [2.24, 2.45) is 7.05 Å². The number of halogens is 1. The summed E-state index contributed by atoms with van der Waals surface area (Å²) in [4.78, 5) is 0. The van der Waals surface area contributed by atoms with E-state index in [0.717, 1.165) is 20.9 Å². The fourth-order valence-electron chi connectivity index (χ4n) is 1.73. The van der Waals surface area contributed by atoms with E-state index >= 15 is 0 Å². The number of hydrogen-bond donors (Lipinski definition) is 2. The Morgan fingerprint density at radius 2 is 2.29 bits per heavy atom. The van der Waals surface area contributed by atoms with Gasteiger partial charge in [-0.2, -0.15) is 0 Å². The summed E-state index contributed by atoms with van der Waals surface area (Å²) in [5.41, 5.74) is 4.42. The Hall–Kier alpha value is -0.840. The van der Waals surface area contributed by atoms with Gasteiger partial charge in [0.25, 0.3) is 0 Å². The quantitative estimate of drug-likeness (QED) is 0.808. The zero-order valence-electron chi connectivity index (χ0n) is 7.79. The van der Waals surface area contributed by atoms with E-state index in [1.807, 2.05) is 36.0 Å². The maximum atomic E-state index is 8.69. The molecule has 0 saturated carbocycles. The number of fused-ring (bicyclic) bond motifs is 1. The summed E-state index contributed by atoms with van der Waals surface area (Å²) in [6.07, 6.45) is 2.01. The zero-order valence-corrected chi connectivity index (χ0v) is 9.37. The molecule has 0 aliphatic rings. The van der Waals surface area contributed by atoms with Crippen molar-refractivity contribution in [1.82, 2.24) is 10.0 Å². The van der Waals surface area contributed by atoms with Gasteiger partial charge < -0.3 is 9.77 Å². The fourth-order valence-corrected chi connectivity index (χ4v) is 2.37. The molecule has 1 heterocycles. The Morgan fingerprint density at radius 3 is 3.00 bits per heavy atom. The number of nitrogens with zero attached hydrogens (tertiary/aromatic N) is 1. The van der Waals surface area contributed by atoms with Crippen LogP contribution in [0.3, 0.4) is 0 Å². The van der Waals surface area contributed by atoms with Gasteiger partial charge in [-0.1, -0.05) is 12.1 Å². The van der Waals surface area contributed by atoms with Crippen LogP contribution in [0.25, 0.3) is 10.9 Å². The zero-order chi connectivity index (χ0) is 10.1. The summed E-state index contributed by atoms with van der Waals surface area (Å²) in [5, 5.41) is 9.84. The van der Waals surface area contributed by atoms with Crippen molar-refractivity contribution in [3.05, 3.63) is 34.4 Å². The molecule has 1 aromatic carbocycles. The molecular formula is C10H11BrN2O. The van der Waals surface area contributed by atoms with Gasteiger partial charge in [0.05, 0.1) is 5.52 Å². The summed E-state index contributed by atoms with van der Waals surface area (Å²) in [6, 6.07) is 6.05. The number of para-hydroxylation sites is 1. The van der Waals surface area contributed by atoms with E-state index in [4.69, 9.17) is 5.21 Å². The van der Waals surface area contributed by atoms with E-state index < -0.39 is 0 Å². The lowest BCUT2D eigenvalue weighted by Gasteiger charge is -1.98. The molecule has 0 aliphatic heterocycles. The molecule has 0 fully saturated rings. The van der Waals surface area contributed by atoms with Crippen LogP contribution in [-0.2, 0) is 13.6 Å². The van der Waals surface area contributed by atoms with Gasteiger partial charge in [0.15, 0.2) is 0 Å². The minimum absolute atomic E-state index is 0.466. The number of aromatic nitrogens is 1. The maximum Gasteiger partial charge on any atom is 0.0625 e. The largest absolute Gasteiger partial charge is 0.349 e. The van der Waals surface area contributed by atoms with Gasteiger partial charge in [-0.15, -0.1) is 0 Å². The molecule has 14 heavy (non-hydrogen) atoms. The standard InChI is InChI=1S/C10H11BrN2O/c1-13-6-7(5-12-14)8-3-2-4-9(11)10(8)13/h2-4,6,12,14H,5H2,1H3. The van der Waals surface area contributed by atoms with Gasteiger partial charge in [0.2, 0.25) is 0 Å². The predicted molar refractivity (Wildman–Crippen MR) is 59.2 cm³/mol. The topological polar surface area (TPSA) is 37.2 Å². The molecule has 0 unspecified atom stereocenters. The summed E-state index contributed by atoms with van der Waals surface area (Å²) in [6.45, 7) is 0.466. The molecule has 3 nitrogen and oxygen atoms in total. The third-order valence-corrected chi connectivity index (χ3v) is 2.94. The minimum Gasteiger partial charge on any atom is -0.349 e. The molecule has 2 N–H and O–H groups in total. The molecule has 0 bridgehead atoms. The van der Waals surface area contributed by atoms with Gasteiger partial charge in [-0.25, -0.2) is 5.48 Å². The highest BCUT2D eigenvalue weighted by molar-refractivity contribution is 9.10. The van der Waals surface area contributed by atoms with E-state index in [1.165, 1.54) is 0 Å². The van der Waals surface area contributed by atoms with Crippen molar-refractivity contribution >= 4 is 26.8 Å². The number of nitrogens with one attached hydrogen (secondary N) is 1. The molecule has 4 heteroatoms. The molecule has 1 aromatic heterocycles. The normalized spacial score (nSPS) is 11.1. The lowest BCUT2D eigenvalue weighted by Crippen LogP contribution is -2.05. The molecule has 74 valence electrons. The molecule has 2 rings (SSSR count). The van der Waals surface area contributed by atoms with E-state index in [-0.39, 0.29) is 0 Å². The van der Waals surface area contributed by atoms with Gasteiger partial charge in [0, 0.05) is 29.6 Å². The molecule has 0 spiro atoms. The van der Waals surface area contributed by atoms with E-state index in [2.05, 4.69) is 21.4 Å². The summed E-state index contributed by atoms with van der Waals surface area (Å²) < 4.78 is 3.12. The highest BCUT2D eigenvalue weighted by atomic mass is 79.9. The second-order valence-corrected chi connectivity index (χ2v) is 4.09. The Labute approximate surface area is 90.4 Å². The number of rotatable bonds is 2. The van der Waals surface area contributed by atoms with Crippen molar-refractivity contribution in [3.8, 4) is 0 Å². The predicted octanol–water partition coefficient (Wildman–Crippen LogP) is 2.42. The Morgan fingerprint density at radius 1 is 1.50 bits per heavy atom. The monoisotopic (exact) mass is 254 g/mol. The number of benzene rings is 1. The Bertz CT molecular complexity index is 464. The van der Waals surface area contributed by atoms with Gasteiger partial charge in [-0.3, -0.25) is 0 Å². The highest BCUT2D eigenvalue weighted by Gasteiger charge is 2.07. The molecule has 0 atom stereocenters. The third kappa shape index (κ3) is 1.45. The van der Waals surface area contributed by atoms with E-state index in [1.54, 1.807) is 0 Å². The first-order valence-corrected chi connectivity index (χ1v) is 5.12. The SMILES string of the molecule is Cn1cc(CNO)c2cccc(Br)c21. The smallest absolute Gasteiger partial charge is 0.0625 e. The van der Waals surface area contributed by atoms with Crippen LogP contribution in [0.15, 0.2) is 28.9 Å². The fraction of sp³-hybridized carbons (Fsp3) is 0.200. The number of hydroxylamine groups is 1. The van der Waals surface area contributed by atoms with Crippen LogP contribution in [0.1, 0.15) is 5.56 Å². The average Bonchev–Trinajstić information content (AvgIpc) is 2.46. The Kier molecular flexibility index (Phi) is 2.58. The van der Waals surface area contributed by atoms with Crippen LogP contribution in [-0.4, -0.2) is 9.77 Å². The van der Waals surface area contributed by atoms with Crippen molar-refractivity contribution < 1.29 is 5.21 Å². The van der Waals surface area contributed by atoms with Crippen molar-refractivity contribution in [1.29, 1.82) is 0 Å². The first-order valence-electron chi connectivity index (χ1n) is 4.33. The molecule has 0 radical (unpaired) electrons. The molecular weight excluding hydrogens is 244 g/mol. The molecule has 2 aromatic rings.